The molecule has 0 amide bonds. The van der Waals surface area contributed by atoms with Crippen LogP contribution in [0.2, 0.25) is 0 Å². The summed E-state index contributed by atoms with van der Waals surface area (Å²) in [5.41, 5.74) is -6.23. The SMILES string of the molecule is CC(F)(F)CC(CC(F)(C(F)(F)F)C(F)(F)F)C(F)(F)F. The molecular weight excluding hydrogens is 336 g/mol. The van der Waals surface area contributed by atoms with Crippen molar-refractivity contribution in [1.29, 1.82) is 0 Å². The second-order valence-corrected chi connectivity index (χ2v) is 4.51. The molecule has 0 radical (unpaired) electrons. The largest absolute Gasteiger partial charge is 0.431 e. The van der Waals surface area contributed by atoms with Crippen LogP contribution in [0.5, 0.6) is 0 Å². The van der Waals surface area contributed by atoms with E-state index in [0.717, 1.165) is 0 Å². The van der Waals surface area contributed by atoms with Crippen molar-refractivity contribution in [1.82, 2.24) is 0 Å². The van der Waals surface area contributed by atoms with Crippen molar-refractivity contribution in [3.8, 4) is 0 Å². The molecule has 0 aromatic rings. The fourth-order valence-electron chi connectivity index (χ4n) is 1.47. The topological polar surface area (TPSA) is 0 Å². The quantitative estimate of drug-likeness (QED) is 0.597. The summed E-state index contributed by atoms with van der Waals surface area (Å²) in [5, 5.41) is 0. The fraction of sp³-hybridized carbons (Fsp3) is 1.00. The van der Waals surface area contributed by atoms with Crippen LogP contribution in [0.15, 0.2) is 0 Å². The molecule has 0 saturated heterocycles. The molecular formula is C9H8F12. The van der Waals surface area contributed by atoms with E-state index in [1.165, 1.54) is 0 Å². The molecule has 0 heterocycles. The lowest BCUT2D eigenvalue weighted by atomic mass is 9.86. The summed E-state index contributed by atoms with van der Waals surface area (Å²) in [6, 6.07) is 0. The highest BCUT2D eigenvalue weighted by Crippen LogP contribution is 2.52. The average molecular weight is 344 g/mol. The highest BCUT2D eigenvalue weighted by molar-refractivity contribution is 4.97. The van der Waals surface area contributed by atoms with Crippen LogP contribution in [0, 0.1) is 5.92 Å². The van der Waals surface area contributed by atoms with E-state index < -0.39 is 48.9 Å². The predicted octanol–water partition coefficient (Wildman–Crippen LogP) is 5.43. The van der Waals surface area contributed by atoms with Crippen molar-refractivity contribution >= 4 is 0 Å². The lowest BCUT2D eigenvalue weighted by Gasteiger charge is -2.34. The Morgan fingerprint density at radius 3 is 1.14 bits per heavy atom. The van der Waals surface area contributed by atoms with Gasteiger partial charge in [-0.05, 0) is 6.92 Å². The van der Waals surface area contributed by atoms with Crippen molar-refractivity contribution in [3.63, 3.8) is 0 Å². The van der Waals surface area contributed by atoms with Gasteiger partial charge < -0.3 is 0 Å². The summed E-state index contributed by atoms with van der Waals surface area (Å²) in [4.78, 5) is 0. The first-order valence-electron chi connectivity index (χ1n) is 5.08. The van der Waals surface area contributed by atoms with Gasteiger partial charge in [0.2, 0.25) is 5.92 Å². The van der Waals surface area contributed by atoms with E-state index in [1.54, 1.807) is 0 Å². The summed E-state index contributed by atoms with van der Waals surface area (Å²) in [6.45, 7) is -0.132. The summed E-state index contributed by atoms with van der Waals surface area (Å²) < 4.78 is 148. The van der Waals surface area contributed by atoms with E-state index in [4.69, 9.17) is 0 Å². The zero-order chi connectivity index (χ0) is 17.5. The number of hydrogen-bond donors (Lipinski definition) is 0. The third-order valence-corrected chi connectivity index (χ3v) is 2.49. The maximum atomic E-state index is 13.2. The van der Waals surface area contributed by atoms with Gasteiger partial charge in [0.05, 0.1) is 5.92 Å². The van der Waals surface area contributed by atoms with Crippen LogP contribution in [0.3, 0.4) is 0 Å². The summed E-state index contributed by atoms with van der Waals surface area (Å²) in [7, 11) is 0. The van der Waals surface area contributed by atoms with Gasteiger partial charge >= 0.3 is 18.5 Å². The standard InChI is InChI=1S/C9H8F12/c1-5(10,11)2-4(7(13,14)15)3-6(12,8(16,17)18)9(19,20)21/h4H,2-3H2,1H3. The zero-order valence-corrected chi connectivity index (χ0v) is 10.0. The van der Waals surface area contributed by atoms with Gasteiger partial charge in [0, 0.05) is 12.8 Å². The van der Waals surface area contributed by atoms with Crippen molar-refractivity contribution in [2.75, 3.05) is 0 Å². The van der Waals surface area contributed by atoms with E-state index in [2.05, 4.69) is 0 Å². The van der Waals surface area contributed by atoms with Crippen LogP contribution in [0.1, 0.15) is 19.8 Å². The predicted molar refractivity (Wildman–Crippen MR) is 45.3 cm³/mol. The molecule has 0 aromatic carbocycles. The molecule has 0 bridgehead atoms. The smallest absolute Gasteiger partial charge is 0.224 e. The third-order valence-electron chi connectivity index (χ3n) is 2.49. The van der Waals surface area contributed by atoms with Gasteiger partial charge in [-0.15, -0.1) is 0 Å². The summed E-state index contributed by atoms with van der Waals surface area (Å²) >= 11 is 0. The number of halogens is 12. The van der Waals surface area contributed by atoms with Crippen LogP contribution in [-0.2, 0) is 0 Å². The minimum Gasteiger partial charge on any atom is -0.224 e. The molecule has 0 aliphatic carbocycles. The van der Waals surface area contributed by atoms with E-state index >= 15 is 0 Å². The highest BCUT2D eigenvalue weighted by Gasteiger charge is 2.74. The van der Waals surface area contributed by atoms with Crippen LogP contribution < -0.4 is 0 Å². The molecule has 1 unspecified atom stereocenters. The van der Waals surface area contributed by atoms with Crippen LogP contribution in [0.25, 0.3) is 0 Å². The van der Waals surface area contributed by atoms with Crippen LogP contribution in [0.4, 0.5) is 52.7 Å². The lowest BCUT2D eigenvalue weighted by molar-refractivity contribution is -0.353. The molecule has 1 atom stereocenters. The van der Waals surface area contributed by atoms with Crippen LogP contribution >= 0.6 is 0 Å². The Hall–Kier alpha value is -0.840. The number of rotatable bonds is 4. The fourth-order valence-corrected chi connectivity index (χ4v) is 1.47. The molecule has 12 heteroatoms. The molecule has 0 spiro atoms. The van der Waals surface area contributed by atoms with E-state index in [0.29, 0.717) is 0 Å². The van der Waals surface area contributed by atoms with Crippen molar-refractivity contribution < 1.29 is 52.7 Å². The molecule has 0 aliphatic rings. The van der Waals surface area contributed by atoms with Gasteiger partial charge in [0.1, 0.15) is 0 Å². The Kier molecular flexibility index (Phi) is 5.20. The Balaban J connectivity index is 5.66. The van der Waals surface area contributed by atoms with E-state index in [1.807, 2.05) is 0 Å². The normalized spacial score (nSPS) is 17.0. The molecule has 0 N–H and O–H groups in total. The second-order valence-electron chi connectivity index (χ2n) is 4.51. The molecule has 0 fully saturated rings. The van der Waals surface area contributed by atoms with Crippen molar-refractivity contribution in [2.45, 2.75) is 49.9 Å². The number of alkyl halides is 12. The Morgan fingerprint density at radius 2 is 0.952 bits per heavy atom. The monoisotopic (exact) mass is 344 g/mol. The molecule has 0 nitrogen and oxygen atoms in total. The Morgan fingerprint density at radius 1 is 0.619 bits per heavy atom. The molecule has 128 valence electrons. The first kappa shape index (κ1) is 20.2. The first-order valence-corrected chi connectivity index (χ1v) is 5.08. The minimum absolute atomic E-state index is 0.132. The Labute approximate surface area is 110 Å². The maximum Gasteiger partial charge on any atom is 0.431 e. The minimum atomic E-state index is -6.72. The maximum absolute atomic E-state index is 13.2. The van der Waals surface area contributed by atoms with Gasteiger partial charge in [-0.2, -0.15) is 39.5 Å². The van der Waals surface area contributed by atoms with Gasteiger partial charge in [-0.25, -0.2) is 13.2 Å². The summed E-state index contributed by atoms with van der Waals surface area (Å²) in [6.07, 6.45) is -24.9. The lowest BCUT2D eigenvalue weighted by Crippen LogP contribution is -2.55. The zero-order valence-electron chi connectivity index (χ0n) is 10.0. The molecule has 0 rings (SSSR count). The van der Waals surface area contributed by atoms with Gasteiger partial charge in [0.25, 0.3) is 5.67 Å². The Bertz CT molecular complexity index is 326. The van der Waals surface area contributed by atoms with E-state index in [9.17, 15) is 52.7 Å². The van der Waals surface area contributed by atoms with Gasteiger partial charge in [-0.3, -0.25) is 0 Å². The van der Waals surface area contributed by atoms with Gasteiger partial charge in [-0.1, -0.05) is 0 Å². The molecule has 0 saturated carbocycles. The van der Waals surface area contributed by atoms with Crippen molar-refractivity contribution in [2.24, 2.45) is 5.92 Å². The average Bonchev–Trinajstić information content (AvgIpc) is 2.08. The third kappa shape index (κ3) is 5.13. The molecule has 0 aliphatic heterocycles. The molecule has 0 aromatic heterocycles. The highest BCUT2D eigenvalue weighted by atomic mass is 19.4. The number of hydrogen-bond acceptors (Lipinski definition) is 0. The van der Waals surface area contributed by atoms with Crippen molar-refractivity contribution in [3.05, 3.63) is 0 Å². The second kappa shape index (κ2) is 5.41. The molecule has 21 heavy (non-hydrogen) atoms. The van der Waals surface area contributed by atoms with Crippen LogP contribution in [-0.4, -0.2) is 30.1 Å². The van der Waals surface area contributed by atoms with E-state index in [-0.39, 0.29) is 6.92 Å². The summed E-state index contributed by atoms with van der Waals surface area (Å²) in [5.74, 6) is -8.04. The van der Waals surface area contributed by atoms with Gasteiger partial charge in [0.15, 0.2) is 0 Å². The first-order chi connectivity index (χ1) is 8.81.